The summed E-state index contributed by atoms with van der Waals surface area (Å²) in [6.07, 6.45) is 3.50. The third kappa shape index (κ3) is 7.48. The number of carbonyl (C=O) groups is 4. The predicted octanol–water partition coefficient (Wildman–Crippen LogP) is 6.27. The summed E-state index contributed by atoms with van der Waals surface area (Å²) in [5.74, 6) is -2.53. The molecule has 0 bridgehead atoms. The van der Waals surface area contributed by atoms with Crippen LogP contribution in [0.4, 0.5) is 0 Å². The number of thiophene rings is 1. The molecule has 8 nitrogen and oxygen atoms in total. The quantitative estimate of drug-likeness (QED) is 0.185. The molecule has 4 aromatic rings. The van der Waals surface area contributed by atoms with Gasteiger partial charge in [-0.25, -0.2) is 0 Å². The van der Waals surface area contributed by atoms with Crippen molar-refractivity contribution >= 4 is 74.4 Å². The smallest absolute Gasteiger partial charge is 0.305 e. The summed E-state index contributed by atoms with van der Waals surface area (Å²) in [4.78, 5) is 52.0. The topological polar surface area (TPSA) is 116 Å². The van der Waals surface area contributed by atoms with Crippen LogP contribution in [0.15, 0.2) is 78.2 Å². The number of piperidine rings is 1. The SMILES string of the molecule is O=C(O)C[C@H](NC(=O)c1ccc(-c2ccccc2)cc1)C(=O)NC1CCN(C(=O)/C=C/c2cc3ccsc3c(Cl)c2Cl)CC1. The summed E-state index contributed by atoms with van der Waals surface area (Å²) >= 11 is 14.3. The van der Waals surface area contributed by atoms with Crippen LogP contribution < -0.4 is 10.6 Å². The van der Waals surface area contributed by atoms with Crippen LogP contribution in [0.3, 0.4) is 0 Å². The van der Waals surface area contributed by atoms with E-state index >= 15 is 0 Å². The van der Waals surface area contributed by atoms with E-state index in [-0.39, 0.29) is 11.9 Å². The Bertz CT molecular complexity index is 1710. The lowest BCUT2D eigenvalue weighted by Gasteiger charge is -2.32. The summed E-state index contributed by atoms with van der Waals surface area (Å²) in [5, 5.41) is 18.5. The number of carboxylic acid groups (broad SMARTS) is 1. The normalized spacial score (nSPS) is 14.5. The van der Waals surface area contributed by atoms with Crippen molar-refractivity contribution in [1.82, 2.24) is 15.5 Å². The number of nitrogens with one attached hydrogen (secondary N) is 2. The number of hydrogen-bond acceptors (Lipinski definition) is 5. The molecule has 226 valence electrons. The van der Waals surface area contributed by atoms with Crippen molar-refractivity contribution < 1.29 is 24.3 Å². The Morgan fingerprint density at radius 3 is 2.32 bits per heavy atom. The number of likely N-dealkylation sites (tertiary alicyclic amines) is 1. The van der Waals surface area contributed by atoms with E-state index < -0.39 is 30.2 Å². The van der Waals surface area contributed by atoms with Crippen LogP contribution in [-0.2, 0) is 14.4 Å². The molecule has 1 saturated heterocycles. The maximum absolute atomic E-state index is 13.1. The first-order valence-electron chi connectivity index (χ1n) is 14.0. The first kappa shape index (κ1) is 31.3. The summed E-state index contributed by atoms with van der Waals surface area (Å²) in [6, 6.07) is 18.8. The monoisotopic (exact) mass is 649 g/mol. The molecule has 1 aliphatic rings. The molecular formula is C33H29Cl2N3O5S. The van der Waals surface area contributed by atoms with Crippen LogP contribution in [0.2, 0.25) is 10.0 Å². The average Bonchev–Trinajstić information content (AvgIpc) is 3.51. The van der Waals surface area contributed by atoms with Gasteiger partial charge < -0.3 is 20.6 Å². The summed E-state index contributed by atoms with van der Waals surface area (Å²) in [5.41, 5.74) is 2.88. The number of rotatable bonds is 9. The Morgan fingerprint density at radius 2 is 1.64 bits per heavy atom. The lowest BCUT2D eigenvalue weighted by atomic mass is 10.0. The molecule has 5 rings (SSSR count). The fourth-order valence-corrected chi connectivity index (χ4v) is 6.51. The molecule has 2 heterocycles. The molecule has 1 atom stereocenters. The van der Waals surface area contributed by atoms with Gasteiger partial charge in [0.05, 0.1) is 21.2 Å². The van der Waals surface area contributed by atoms with Crippen LogP contribution in [-0.4, -0.2) is 58.9 Å². The van der Waals surface area contributed by atoms with E-state index in [9.17, 15) is 24.3 Å². The fourth-order valence-electron chi connectivity index (χ4n) is 5.07. The minimum absolute atomic E-state index is 0.193. The van der Waals surface area contributed by atoms with Gasteiger partial charge in [0.25, 0.3) is 5.91 Å². The highest BCUT2D eigenvalue weighted by Gasteiger charge is 2.28. The van der Waals surface area contributed by atoms with Crippen LogP contribution in [0.1, 0.15) is 35.2 Å². The molecule has 0 aliphatic carbocycles. The van der Waals surface area contributed by atoms with Gasteiger partial charge in [-0.1, -0.05) is 65.7 Å². The molecular weight excluding hydrogens is 621 g/mol. The number of aliphatic carboxylic acids is 1. The Labute approximate surface area is 268 Å². The first-order valence-corrected chi connectivity index (χ1v) is 15.6. The zero-order chi connectivity index (χ0) is 31.2. The van der Waals surface area contributed by atoms with Gasteiger partial charge in [0.15, 0.2) is 0 Å². The maximum Gasteiger partial charge on any atom is 0.305 e. The number of hydrogen-bond donors (Lipinski definition) is 3. The van der Waals surface area contributed by atoms with E-state index in [0.717, 1.165) is 21.2 Å². The van der Waals surface area contributed by atoms with Gasteiger partial charge in [0.1, 0.15) is 6.04 Å². The van der Waals surface area contributed by atoms with Crippen molar-refractivity contribution in [3.05, 3.63) is 99.4 Å². The molecule has 1 fully saturated rings. The second-order valence-electron chi connectivity index (χ2n) is 10.4. The van der Waals surface area contributed by atoms with E-state index in [1.807, 2.05) is 47.8 Å². The average molecular weight is 651 g/mol. The van der Waals surface area contributed by atoms with E-state index in [1.165, 1.54) is 17.4 Å². The molecule has 0 radical (unpaired) electrons. The molecule has 0 saturated carbocycles. The zero-order valence-electron chi connectivity index (χ0n) is 23.5. The summed E-state index contributed by atoms with van der Waals surface area (Å²) < 4.78 is 0.895. The molecule has 0 spiro atoms. The molecule has 1 aromatic heterocycles. The van der Waals surface area contributed by atoms with Crippen LogP contribution >= 0.6 is 34.5 Å². The van der Waals surface area contributed by atoms with Crippen molar-refractivity contribution in [2.45, 2.75) is 31.3 Å². The van der Waals surface area contributed by atoms with Crippen molar-refractivity contribution in [2.24, 2.45) is 0 Å². The second kappa shape index (κ2) is 14.1. The highest BCUT2D eigenvalue weighted by atomic mass is 35.5. The van der Waals surface area contributed by atoms with Gasteiger partial charge in [-0.05, 0) is 70.6 Å². The Kier molecular flexibility index (Phi) is 9.99. The zero-order valence-corrected chi connectivity index (χ0v) is 25.8. The van der Waals surface area contributed by atoms with Crippen LogP contribution in [0, 0.1) is 0 Å². The lowest BCUT2D eigenvalue weighted by Crippen LogP contribution is -2.53. The largest absolute Gasteiger partial charge is 0.481 e. The highest BCUT2D eigenvalue weighted by Crippen LogP contribution is 2.37. The minimum atomic E-state index is -1.26. The maximum atomic E-state index is 13.1. The second-order valence-corrected chi connectivity index (χ2v) is 12.1. The Hall–Kier alpha value is -4.18. The van der Waals surface area contributed by atoms with Crippen molar-refractivity contribution in [2.75, 3.05) is 13.1 Å². The van der Waals surface area contributed by atoms with Gasteiger partial charge in [-0.15, -0.1) is 11.3 Å². The lowest BCUT2D eigenvalue weighted by molar-refractivity contribution is -0.140. The van der Waals surface area contributed by atoms with Crippen molar-refractivity contribution in [3.8, 4) is 11.1 Å². The number of benzene rings is 3. The molecule has 3 aromatic carbocycles. The third-order valence-electron chi connectivity index (χ3n) is 7.47. The summed E-state index contributed by atoms with van der Waals surface area (Å²) in [6.45, 7) is 0.797. The Morgan fingerprint density at radius 1 is 0.955 bits per heavy atom. The third-order valence-corrected chi connectivity index (χ3v) is 9.41. The Balaban J connectivity index is 1.15. The molecule has 11 heteroatoms. The van der Waals surface area contributed by atoms with Crippen molar-refractivity contribution in [3.63, 3.8) is 0 Å². The van der Waals surface area contributed by atoms with Gasteiger partial charge in [-0.3, -0.25) is 19.2 Å². The molecule has 3 N–H and O–H groups in total. The number of nitrogens with zero attached hydrogens (tertiary/aromatic N) is 1. The molecule has 0 unspecified atom stereocenters. The molecule has 3 amide bonds. The van der Waals surface area contributed by atoms with Crippen molar-refractivity contribution in [1.29, 1.82) is 0 Å². The number of halogens is 2. The van der Waals surface area contributed by atoms with E-state index in [0.29, 0.717) is 47.1 Å². The number of carboxylic acids is 1. The summed E-state index contributed by atoms with van der Waals surface area (Å²) in [7, 11) is 0. The van der Waals surface area contributed by atoms with E-state index in [4.69, 9.17) is 23.2 Å². The first-order chi connectivity index (χ1) is 21.2. The molecule has 44 heavy (non-hydrogen) atoms. The van der Waals surface area contributed by atoms with Crippen LogP contribution in [0.5, 0.6) is 0 Å². The van der Waals surface area contributed by atoms with Gasteiger partial charge in [0.2, 0.25) is 11.8 Å². The number of carbonyl (C=O) groups excluding carboxylic acids is 3. The van der Waals surface area contributed by atoms with E-state index in [2.05, 4.69) is 10.6 Å². The van der Waals surface area contributed by atoms with Gasteiger partial charge in [0, 0.05) is 30.8 Å². The standard InChI is InChI=1S/C33H29Cl2N3O5S/c34-29-23(18-24-14-17-44-31(24)30(29)35)10-11-27(39)38-15-12-25(13-16-38)36-33(43)26(19-28(40)41)37-32(42)22-8-6-21(7-9-22)20-4-2-1-3-5-20/h1-11,14,17-18,25-26H,12-13,15-16,19H2,(H,36,43)(H,37,42)(H,40,41)/b11-10+/t26-/m0/s1. The predicted molar refractivity (Wildman–Crippen MR) is 174 cm³/mol. The van der Waals surface area contributed by atoms with Gasteiger partial charge >= 0.3 is 5.97 Å². The van der Waals surface area contributed by atoms with Gasteiger partial charge in [-0.2, -0.15) is 0 Å². The van der Waals surface area contributed by atoms with E-state index in [1.54, 1.807) is 35.2 Å². The van der Waals surface area contributed by atoms with Crippen LogP contribution in [0.25, 0.3) is 27.3 Å². The molecule has 1 aliphatic heterocycles. The fraction of sp³-hybridized carbons (Fsp3) is 0.212. The minimum Gasteiger partial charge on any atom is -0.481 e. The number of amides is 3. The highest BCUT2D eigenvalue weighted by molar-refractivity contribution is 7.18. The number of fused-ring (bicyclic) bond motifs is 1.